The number of hydrogen-bond acceptors (Lipinski definition) is 6. The average molecular weight is 627 g/mol. The quantitative estimate of drug-likeness (QED) is 0.240. The van der Waals surface area contributed by atoms with Gasteiger partial charge in [0.2, 0.25) is 0 Å². The fourth-order valence-corrected chi connectivity index (χ4v) is 5.67. The Hall–Kier alpha value is -2.00. The lowest BCUT2D eigenvalue weighted by molar-refractivity contribution is 0.295. The number of nitrogens with zero attached hydrogens (tertiary/aromatic N) is 3. The van der Waals surface area contributed by atoms with Crippen LogP contribution in [0.1, 0.15) is 73.6 Å². The number of allylic oxidation sites excluding steroid dienone is 4. The van der Waals surface area contributed by atoms with E-state index in [2.05, 4.69) is 49.1 Å². The van der Waals surface area contributed by atoms with Crippen molar-refractivity contribution < 1.29 is 13.9 Å². The Balaban J connectivity index is 0.00000107. The minimum absolute atomic E-state index is 0. The molecule has 3 rings (SSSR count). The zero-order valence-electron chi connectivity index (χ0n) is 26.6. The van der Waals surface area contributed by atoms with Crippen molar-refractivity contribution in [2.24, 2.45) is 21.8 Å². The van der Waals surface area contributed by atoms with E-state index in [0.29, 0.717) is 41.7 Å². The Bertz CT molecular complexity index is 1040. The van der Waals surface area contributed by atoms with Gasteiger partial charge in [-0.1, -0.05) is 70.4 Å². The van der Waals surface area contributed by atoms with Crippen molar-refractivity contribution in [3.63, 3.8) is 0 Å². The van der Waals surface area contributed by atoms with Crippen LogP contribution in [0.2, 0.25) is 5.02 Å². The number of benzene rings is 1. The molecule has 4 atom stereocenters. The molecule has 2 heterocycles. The van der Waals surface area contributed by atoms with Crippen LogP contribution in [-0.4, -0.2) is 59.7 Å². The first-order valence-corrected chi connectivity index (χ1v) is 16.1. The molecule has 0 radical (unpaired) electrons. The second kappa shape index (κ2) is 22.5. The number of aliphatic imine (C=N–C) groups is 2. The van der Waals surface area contributed by atoms with Gasteiger partial charge in [-0.3, -0.25) is 9.98 Å². The Morgan fingerprint density at radius 3 is 2.45 bits per heavy atom. The summed E-state index contributed by atoms with van der Waals surface area (Å²) in [6, 6.07) is 5.82. The van der Waals surface area contributed by atoms with Gasteiger partial charge in [-0.15, -0.1) is 11.8 Å². The Kier molecular flexibility index (Phi) is 21.5. The predicted molar refractivity (Wildman–Crippen MR) is 182 cm³/mol. The molecule has 42 heavy (non-hydrogen) atoms. The highest BCUT2D eigenvalue weighted by Crippen LogP contribution is 2.38. The second-order valence-electron chi connectivity index (χ2n) is 10.3. The van der Waals surface area contributed by atoms with Gasteiger partial charge in [0.1, 0.15) is 17.8 Å². The van der Waals surface area contributed by atoms with E-state index in [1.54, 1.807) is 19.1 Å². The molecule has 0 aliphatic carbocycles. The van der Waals surface area contributed by atoms with Crippen LogP contribution in [-0.2, 0) is 0 Å². The summed E-state index contributed by atoms with van der Waals surface area (Å²) >= 11 is 7.29. The van der Waals surface area contributed by atoms with E-state index in [4.69, 9.17) is 21.7 Å². The van der Waals surface area contributed by atoms with Crippen molar-refractivity contribution in [2.45, 2.75) is 85.1 Å². The number of fused-ring (bicyclic) bond motifs is 1. The lowest BCUT2D eigenvalue weighted by Gasteiger charge is -2.35. The predicted octanol–water partition coefficient (Wildman–Crippen LogP) is 9.47. The van der Waals surface area contributed by atoms with Crippen molar-refractivity contribution >= 4 is 34.9 Å². The molecule has 0 aromatic heterocycles. The smallest absolute Gasteiger partial charge is 0.124 e. The van der Waals surface area contributed by atoms with Crippen LogP contribution in [0.25, 0.3) is 0 Å². The molecule has 238 valence electrons. The van der Waals surface area contributed by atoms with E-state index >= 15 is 0 Å². The van der Waals surface area contributed by atoms with E-state index in [0.717, 1.165) is 31.5 Å². The second-order valence-corrected chi connectivity index (χ2v) is 11.8. The van der Waals surface area contributed by atoms with Gasteiger partial charge >= 0.3 is 0 Å². The summed E-state index contributed by atoms with van der Waals surface area (Å²) in [5.41, 5.74) is 3.55. The van der Waals surface area contributed by atoms with Crippen molar-refractivity contribution in [1.29, 1.82) is 0 Å². The summed E-state index contributed by atoms with van der Waals surface area (Å²) in [7, 11) is 1.83. The molecule has 0 saturated carbocycles. The molecule has 2 aliphatic heterocycles. The van der Waals surface area contributed by atoms with Crippen LogP contribution in [0, 0.1) is 17.7 Å². The van der Waals surface area contributed by atoms with Gasteiger partial charge in [-0.25, -0.2) is 8.78 Å². The number of rotatable bonds is 11. The Labute approximate surface area is 262 Å². The highest BCUT2D eigenvalue weighted by Gasteiger charge is 2.38. The first-order chi connectivity index (χ1) is 19.7. The van der Waals surface area contributed by atoms with Crippen molar-refractivity contribution in [3.8, 4) is 0 Å². The van der Waals surface area contributed by atoms with E-state index in [-0.39, 0.29) is 12.0 Å². The first-order valence-electron chi connectivity index (χ1n) is 14.8. The number of thioether (sulfide) groups is 1. The van der Waals surface area contributed by atoms with Crippen molar-refractivity contribution in [1.82, 2.24) is 11.1 Å². The fourth-order valence-electron chi connectivity index (χ4n) is 4.38. The standard InChI is InChI=1S/C24H38FN3S.C6H4ClF.C3H8O.H3N/c1-7-13-29-23(17(4)8-2)24-27-15-20(21(26-6)12-10-11-18(5)25)22-14-19(9-3)16-28(22)24;7-5-2-1-3-6(8)4-5;1-2-3-4;/h7,10,12-13,17-19,23H,8-9,11,14-16H2,1-6H3;1-4H;4H,2-3H2,1H3;1H3/b12-10-,13-7-,26-21?;;;. The number of amidine groups is 1. The van der Waals surface area contributed by atoms with Crippen LogP contribution >= 0.6 is 23.4 Å². The molecule has 1 fully saturated rings. The van der Waals surface area contributed by atoms with Crippen LogP contribution in [0.3, 0.4) is 0 Å². The molecule has 4 N–H and O–H groups in total. The Morgan fingerprint density at radius 1 is 1.29 bits per heavy atom. The maximum atomic E-state index is 13.2. The molecule has 4 unspecified atom stereocenters. The van der Waals surface area contributed by atoms with Gasteiger partial charge in [0, 0.05) is 36.5 Å². The van der Waals surface area contributed by atoms with Crippen molar-refractivity contribution in [2.75, 3.05) is 26.7 Å². The number of halogens is 3. The maximum Gasteiger partial charge on any atom is 0.124 e. The van der Waals surface area contributed by atoms with Gasteiger partial charge in [0.15, 0.2) is 0 Å². The molecule has 9 heteroatoms. The molecule has 1 aromatic carbocycles. The molecule has 0 amide bonds. The first kappa shape index (κ1) is 40.0. The van der Waals surface area contributed by atoms with Gasteiger partial charge in [-0.05, 0) is 74.6 Å². The van der Waals surface area contributed by atoms with Gasteiger partial charge in [0.05, 0.1) is 17.5 Å². The zero-order chi connectivity index (χ0) is 30.8. The lowest BCUT2D eigenvalue weighted by Crippen LogP contribution is -2.41. The number of hydrogen-bond donors (Lipinski definition) is 2. The summed E-state index contributed by atoms with van der Waals surface area (Å²) in [4.78, 5) is 12.1. The zero-order valence-corrected chi connectivity index (χ0v) is 28.2. The van der Waals surface area contributed by atoms with E-state index in [1.165, 1.54) is 35.7 Å². The van der Waals surface area contributed by atoms with E-state index in [1.807, 2.05) is 37.9 Å². The average Bonchev–Trinajstić information content (AvgIpc) is 3.41. The van der Waals surface area contributed by atoms with Gasteiger partial charge in [-0.2, -0.15) is 0 Å². The summed E-state index contributed by atoms with van der Waals surface area (Å²) in [5.74, 6) is 2.15. The number of aliphatic hydroxyl groups excluding tert-OH is 1. The van der Waals surface area contributed by atoms with Crippen LogP contribution < -0.4 is 6.15 Å². The largest absolute Gasteiger partial charge is 0.396 e. The van der Waals surface area contributed by atoms with Gasteiger partial charge in [0.25, 0.3) is 0 Å². The minimum atomic E-state index is -0.828. The highest BCUT2D eigenvalue weighted by molar-refractivity contribution is 8.03. The van der Waals surface area contributed by atoms with Gasteiger partial charge < -0.3 is 16.2 Å². The molecule has 1 aromatic rings. The van der Waals surface area contributed by atoms with E-state index in [9.17, 15) is 8.78 Å². The highest BCUT2D eigenvalue weighted by atomic mass is 35.5. The summed E-state index contributed by atoms with van der Waals surface area (Å²) in [5, 5.41) is 10.9. The topological polar surface area (TPSA) is 83.2 Å². The monoisotopic (exact) mass is 626 g/mol. The summed E-state index contributed by atoms with van der Waals surface area (Å²) in [6.45, 7) is 14.5. The number of aliphatic hydroxyl groups is 1. The molecule has 0 bridgehead atoms. The molecular formula is C33H53ClF2N4OS. The van der Waals surface area contributed by atoms with Crippen LogP contribution in [0.5, 0.6) is 0 Å². The minimum Gasteiger partial charge on any atom is -0.396 e. The van der Waals surface area contributed by atoms with Crippen molar-refractivity contribution in [3.05, 3.63) is 70.0 Å². The molecule has 2 aliphatic rings. The third kappa shape index (κ3) is 13.5. The van der Waals surface area contributed by atoms with Crippen LogP contribution in [0.15, 0.2) is 69.2 Å². The maximum absolute atomic E-state index is 13.2. The number of alkyl halides is 1. The van der Waals surface area contributed by atoms with Crippen LogP contribution in [0.4, 0.5) is 8.78 Å². The molecular weight excluding hydrogens is 574 g/mol. The molecule has 1 saturated heterocycles. The normalized spacial score (nSPS) is 18.8. The SMILES string of the molecule is C/C=C\SC(C1=NCC(C(/C=C\CC(C)F)=NC)=C2CC(CC)CN12)C(C)CC.CCCO.Fc1cccc(Cl)c1.N. The molecule has 0 spiro atoms. The van der Waals surface area contributed by atoms with E-state index < -0.39 is 6.17 Å². The Morgan fingerprint density at radius 2 is 1.98 bits per heavy atom. The fraction of sp³-hybridized carbons (Fsp3) is 0.576. The lowest BCUT2D eigenvalue weighted by atomic mass is 9.98. The molecule has 5 nitrogen and oxygen atoms in total. The third-order valence-corrected chi connectivity index (χ3v) is 8.56. The third-order valence-electron chi connectivity index (χ3n) is 6.92. The summed E-state index contributed by atoms with van der Waals surface area (Å²) < 4.78 is 25.3. The summed E-state index contributed by atoms with van der Waals surface area (Å²) in [6.07, 6.45) is 9.86.